The summed E-state index contributed by atoms with van der Waals surface area (Å²) in [5.41, 5.74) is 13.2. The van der Waals surface area contributed by atoms with Crippen molar-refractivity contribution in [3.8, 4) is 0 Å². The number of hydrogen-bond acceptors (Lipinski definition) is 10. The third-order valence-corrected chi connectivity index (χ3v) is 7.83. The molecule has 0 radical (unpaired) electrons. The van der Waals surface area contributed by atoms with Gasteiger partial charge in [0.2, 0.25) is 22.1 Å². The first-order chi connectivity index (χ1) is 19.5. The van der Waals surface area contributed by atoms with E-state index in [1.807, 2.05) is 67.6 Å². The van der Waals surface area contributed by atoms with Crippen LogP contribution in [-0.4, -0.2) is 45.3 Å². The summed E-state index contributed by atoms with van der Waals surface area (Å²) >= 11 is 2.82. The predicted octanol–water partition coefficient (Wildman–Crippen LogP) is 4.34. The first-order valence-electron chi connectivity index (χ1n) is 13.2. The van der Waals surface area contributed by atoms with Crippen molar-refractivity contribution in [3.63, 3.8) is 0 Å². The number of rotatable bonds is 12. The normalized spacial score (nSPS) is 12.1. The van der Waals surface area contributed by atoms with Crippen molar-refractivity contribution >= 4 is 44.8 Å². The van der Waals surface area contributed by atoms with Crippen LogP contribution in [0.5, 0.6) is 0 Å². The zero-order chi connectivity index (χ0) is 28.7. The number of aryl methyl sites for hydroxylation is 2. The van der Waals surface area contributed by atoms with Gasteiger partial charge >= 0.3 is 0 Å². The quantitative estimate of drug-likeness (QED) is 0.192. The third kappa shape index (κ3) is 9.26. The molecule has 2 aromatic heterocycles. The highest BCUT2D eigenvalue weighted by Gasteiger charge is 2.21. The number of nitrogens with one attached hydrogen (secondary N) is 2. The summed E-state index contributed by atoms with van der Waals surface area (Å²) in [6.45, 7) is 4.65. The van der Waals surface area contributed by atoms with E-state index in [9.17, 15) is 9.59 Å². The van der Waals surface area contributed by atoms with Crippen LogP contribution in [0.4, 0.5) is 10.3 Å². The van der Waals surface area contributed by atoms with E-state index in [-0.39, 0.29) is 36.7 Å². The largest absolute Gasteiger partial charge is 0.329 e. The second-order valence-corrected chi connectivity index (χ2v) is 11.0. The monoisotopic (exact) mass is 580 g/mol. The Morgan fingerprint density at radius 1 is 0.725 bits per heavy atom. The molecule has 0 fully saturated rings. The number of unbranched alkanes of at least 4 members (excludes halogenated alkanes) is 1. The smallest absolute Gasteiger partial charge is 0.235 e. The second-order valence-electron chi connectivity index (χ2n) is 8.84. The fourth-order valence-electron chi connectivity index (χ4n) is 3.72. The molecule has 6 N–H and O–H groups in total. The van der Waals surface area contributed by atoms with E-state index in [0.717, 1.165) is 46.8 Å². The lowest BCUT2D eigenvalue weighted by Crippen LogP contribution is -2.27. The summed E-state index contributed by atoms with van der Waals surface area (Å²) in [6.07, 6.45) is 3.91. The van der Waals surface area contributed by atoms with Crippen LogP contribution in [0.25, 0.3) is 0 Å². The summed E-state index contributed by atoms with van der Waals surface area (Å²) in [4.78, 5) is 24.5. The average Bonchev–Trinajstić information content (AvgIpc) is 3.63. The molecule has 4 aromatic rings. The van der Waals surface area contributed by atoms with E-state index in [1.165, 1.54) is 22.7 Å². The molecule has 12 heteroatoms. The van der Waals surface area contributed by atoms with E-state index in [2.05, 4.69) is 38.0 Å². The summed E-state index contributed by atoms with van der Waals surface area (Å²) in [7, 11) is 0. The van der Waals surface area contributed by atoms with Gasteiger partial charge < -0.3 is 11.5 Å². The predicted molar refractivity (Wildman–Crippen MR) is 162 cm³/mol. The van der Waals surface area contributed by atoms with Gasteiger partial charge in [0.15, 0.2) is 0 Å². The average molecular weight is 581 g/mol. The summed E-state index contributed by atoms with van der Waals surface area (Å²) in [5.74, 6) is -1.02. The molecule has 0 aliphatic heterocycles. The summed E-state index contributed by atoms with van der Waals surface area (Å²) in [6, 6.07) is 19.0. The van der Waals surface area contributed by atoms with Crippen LogP contribution >= 0.6 is 22.7 Å². The number of anilines is 2. The second kappa shape index (κ2) is 16.5. The van der Waals surface area contributed by atoms with Crippen LogP contribution in [0.3, 0.4) is 0 Å². The molecule has 0 saturated heterocycles. The maximum absolute atomic E-state index is 12.3. The standard InChI is InChI=1S/C15H20N4OS.C13H16N4OS/c1-2-3-9-13-18-19-15(21-13)17-14(20)12(10-16)11-7-5-4-6-8-11;1-2-11-16-17-13(19-11)15-12(18)10(8-14)9-6-4-3-5-7-9/h4-8,12H,2-3,9-10,16H2,1H3,(H,17,19,20);3-7,10H,2,8,14H2,1H3,(H,15,17,18). The van der Waals surface area contributed by atoms with E-state index in [0.29, 0.717) is 10.3 Å². The van der Waals surface area contributed by atoms with Gasteiger partial charge in [-0.15, -0.1) is 20.4 Å². The number of aromatic nitrogens is 4. The number of carbonyl (C=O) groups excluding carboxylic acids is 2. The van der Waals surface area contributed by atoms with Crippen molar-refractivity contribution in [2.75, 3.05) is 23.7 Å². The number of benzene rings is 2. The fourth-order valence-corrected chi connectivity index (χ4v) is 5.19. The molecular weight excluding hydrogens is 544 g/mol. The number of amides is 2. The number of carbonyl (C=O) groups is 2. The lowest BCUT2D eigenvalue weighted by atomic mass is 9.99. The van der Waals surface area contributed by atoms with Crippen molar-refractivity contribution in [2.24, 2.45) is 11.5 Å². The van der Waals surface area contributed by atoms with Crippen LogP contribution in [0, 0.1) is 0 Å². The topological polar surface area (TPSA) is 162 Å². The van der Waals surface area contributed by atoms with Crippen molar-refractivity contribution < 1.29 is 9.59 Å². The maximum atomic E-state index is 12.3. The van der Waals surface area contributed by atoms with Gasteiger partial charge in [-0.3, -0.25) is 20.2 Å². The molecule has 0 aliphatic carbocycles. The van der Waals surface area contributed by atoms with Crippen LogP contribution in [0.2, 0.25) is 0 Å². The van der Waals surface area contributed by atoms with Crippen LogP contribution in [0.1, 0.15) is 59.7 Å². The molecule has 4 rings (SSSR count). The molecule has 2 unspecified atom stereocenters. The first-order valence-corrected chi connectivity index (χ1v) is 14.9. The molecule has 2 heterocycles. The molecule has 0 aliphatic rings. The molecule has 40 heavy (non-hydrogen) atoms. The molecular formula is C28H36N8O2S2. The molecule has 0 bridgehead atoms. The fraction of sp³-hybridized carbons (Fsp3) is 0.357. The molecule has 2 aromatic carbocycles. The zero-order valence-corrected chi connectivity index (χ0v) is 24.4. The Balaban J connectivity index is 0.000000222. The highest BCUT2D eigenvalue weighted by atomic mass is 32.1. The van der Waals surface area contributed by atoms with Crippen LogP contribution in [0.15, 0.2) is 60.7 Å². The molecule has 0 saturated carbocycles. The third-order valence-electron chi connectivity index (χ3n) is 5.95. The van der Waals surface area contributed by atoms with Crippen molar-refractivity contribution in [2.45, 2.75) is 51.4 Å². The van der Waals surface area contributed by atoms with Gasteiger partial charge in [-0.25, -0.2) is 0 Å². The summed E-state index contributed by atoms with van der Waals surface area (Å²) in [5, 5.41) is 24.5. The van der Waals surface area contributed by atoms with E-state index in [4.69, 9.17) is 11.5 Å². The van der Waals surface area contributed by atoms with Gasteiger partial charge in [0.05, 0.1) is 11.8 Å². The minimum absolute atomic E-state index is 0.137. The van der Waals surface area contributed by atoms with Crippen molar-refractivity contribution in [1.29, 1.82) is 0 Å². The van der Waals surface area contributed by atoms with E-state index >= 15 is 0 Å². The van der Waals surface area contributed by atoms with E-state index in [1.54, 1.807) is 0 Å². The molecule has 212 valence electrons. The summed E-state index contributed by atoms with van der Waals surface area (Å²) < 4.78 is 0. The number of nitrogens with zero attached hydrogens (tertiary/aromatic N) is 4. The maximum Gasteiger partial charge on any atom is 0.235 e. The Morgan fingerprint density at radius 3 is 1.57 bits per heavy atom. The van der Waals surface area contributed by atoms with Crippen LogP contribution < -0.4 is 22.1 Å². The van der Waals surface area contributed by atoms with Crippen molar-refractivity contribution in [3.05, 3.63) is 81.8 Å². The van der Waals surface area contributed by atoms with Gasteiger partial charge in [-0.1, -0.05) is 104 Å². The minimum atomic E-state index is -0.366. The Hall–Kier alpha value is -3.58. The van der Waals surface area contributed by atoms with Crippen molar-refractivity contribution in [1.82, 2.24) is 20.4 Å². The first kappa shape index (κ1) is 31.0. The lowest BCUT2D eigenvalue weighted by molar-refractivity contribution is -0.118. The van der Waals surface area contributed by atoms with E-state index < -0.39 is 0 Å². The minimum Gasteiger partial charge on any atom is -0.329 e. The molecule has 2 atom stereocenters. The van der Waals surface area contributed by atoms with Gasteiger partial charge in [0.25, 0.3) is 0 Å². The number of nitrogens with two attached hydrogens (primary N) is 2. The Kier molecular flexibility index (Phi) is 12.8. The highest BCUT2D eigenvalue weighted by Crippen LogP contribution is 2.22. The van der Waals surface area contributed by atoms with Gasteiger partial charge in [-0.05, 0) is 24.0 Å². The van der Waals surface area contributed by atoms with Gasteiger partial charge in [0.1, 0.15) is 10.0 Å². The number of hydrogen-bond donors (Lipinski definition) is 4. The van der Waals surface area contributed by atoms with Gasteiger partial charge in [-0.2, -0.15) is 0 Å². The zero-order valence-electron chi connectivity index (χ0n) is 22.7. The Morgan fingerprint density at radius 2 is 1.18 bits per heavy atom. The molecule has 0 spiro atoms. The molecule has 10 nitrogen and oxygen atoms in total. The highest BCUT2D eigenvalue weighted by molar-refractivity contribution is 7.15. The lowest BCUT2D eigenvalue weighted by Gasteiger charge is -2.13. The SMILES string of the molecule is CCCCc1nnc(NC(=O)C(CN)c2ccccc2)s1.CCc1nnc(NC(=O)C(CN)c2ccccc2)s1. The Bertz CT molecular complexity index is 1310. The molecule has 2 amide bonds. The van der Waals surface area contributed by atoms with Crippen LogP contribution in [-0.2, 0) is 22.4 Å². The Labute approximate surface area is 242 Å². The van der Waals surface area contributed by atoms with Gasteiger partial charge in [0, 0.05) is 19.5 Å².